The van der Waals surface area contributed by atoms with E-state index >= 15 is 0 Å². The topological polar surface area (TPSA) is 67.6 Å². The molecule has 0 aliphatic carbocycles. The maximum absolute atomic E-state index is 5.77. The standard InChI is InChI=1S/C13H11BrN4/c1-7-4-11-13(16-6-7)18-12(17-11)8-2-3-10(15)9(14)5-8/h2-6H,15H2,1H3,(H,16,17,18). The number of nitrogens with zero attached hydrogens (tertiary/aromatic N) is 2. The number of anilines is 1. The van der Waals surface area contributed by atoms with Crippen molar-refractivity contribution < 1.29 is 0 Å². The lowest BCUT2D eigenvalue weighted by molar-refractivity contribution is 1.28. The molecule has 0 aliphatic rings. The van der Waals surface area contributed by atoms with Crippen molar-refractivity contribution in [2.24, 2.45) is 0 Å². The van der Waals surface area contributed by atoms with E-state index in [1.165, 1.54) is 0 Å². The third kappa shape index (κ3) is 1.86. The SMILES string of the molecule is Cc1cnc2nc(-c3ccc(N)c(Br)c3)[nH]c2c1. The summed E-state index contributed by atoms with van der Waals surface area (Å²) in [4.78, 5) is 12.0. The lowest BCUT2D eigenvalue weighted by atomic mass is 10.2. The average molecular weight is 303 g/mol. The van der Waals surface area contributed by atoms with Crippen LogP contribution in [0.15, 0.2) is 34.9 Å². The highest BCUT2D eigenvalue weighted by atomic mass is 79.9. The van der Waals surface area contributed by atoms with Gasteiger partial charge >= 0.3 is 0 Å². The molecule has 0 atom stereocenters. The van der Waals surface area contributed by atoms with Crippen molar-refractivity contribution in [3.05, 3.63) is 40.5 Å². The fraction of sp³-hybridized carbons (Fsp3) is 0.0769. The minimum Gasteiger partial charge on any atom is -0.398 e. The fourth-order valence-corrected chi connectivity index (χ4v) is 2.19. The molecule has 0 bridgehead atoms. The van der Waals surface area contributed by atoms with Crippen LogP contribution in [0, 0.1) is 6.92 Å². The van der Waals surface area contributed by atoms with Crippen molar-refractivity contribution >= 4 is 32.8 Å². The summed E-state index contributed by atoms with van der Waals surface area (Å²) in [6, 6.07) is 7.76. The molecule has 0 radical (unpaired) electrons. The average Bonchev–Trinajstić information content (AvgIpc) is 2.75. The Hall–Kier alpha value is -1.88. The third-order valence-corrected chi connectivity index (χ3v) is 3.43. The number of imidazole rings is 1. The number of halogens is 1. The molecule has 0 amide bonds. The molecule has 18 heavy (non-hydrogen) atoms. The summed E-state index contributed by atoms with van der Waals surface area (Å²) in [5.74, 6) is 0.795. The lowest BCUT2D eigenvalue weighted by Crippen LogP contribution is -1.87. The van der Waals surface area contributed by atoms with Crippen LogP contribution in [0.4, 0.5) is 5.69 Å². The van der Waals surface area contributed by atoms with E-state index in [-0.39, 0.29) is 0 Å². The molecule has 0 saturated carbocycles. The van der Waals surface area contributed by atoms with Crippen LogP contribution in [0.2, 0.25) is 0 Å². The summed E-state index contributed by atoms with van der Waals surface area (Å²) < 4.78 is 0.865. The monoisotopic (exact) mass is 302 g/mol. The van der Waals surface area contributed by atoms with Crippen LogP contribution < -0.4 is 5.73 Å². The van der Waals surface area contributed by atoms with Gasteiger partial charge < -0.3 is 10.7 Å². The van der Waals surface area contributed by atoms with Crippen LogP contribution in [0.5, 0.6) is 0 Å². The molecule has 3 N–H and O–H groups in total. The molecular formula is C13H11BrN4. The Morgan fingerprint density at radius 2 is 2.11 bits per heavy atom. The highest BCUT2D eigenvalue weighted by molar-refractivity contribution is 9.10. The summed E-state index contributed by atoms with van der Waals surface area (Å²) in [5.41, 5.74) is 10.2. The Balaban J connectivity index is 2.16. The zero-order valence-corrected chi connectivity index (χ0v) is 11.3. The Kier molecular flexibility index (Phi) is 2.56. The van der Waals surface area contributed by atoms with Crippen molar-refractivity contribution in [3.8, 4) is 11.4 Å². The van der Waals surface area contributed by atoms with Crippen molar-refractivity contribution in [2.45, 2.75) is 6.92 Å². The number of H-pyrrole nitrogens is 1. The molecule has 0 spiro atoms. The number of aromatic nitrogens is 3. The van der Waals surface area contributed by atoms with E-state index in [1.54, 1.807) is 0 Å². The van der Waals surface area contributed by atoms with Crippen LogP contribution in [0.25, 0.3) is 22.6 Å². The van der Waals surface area contributed by atoms with Gasteiger partial charge in [-0.1, -0.05) is 0 Å². The van der Waals surface area contributed by atoms with Crippen molar-refractivity contribution in [2.75, 3.05) is 5.73 Å². The molecule has 2 aromatic heterocycles. The first-order valence-corrected chi connectivity index (χ1v) is 6.30. The van der Waals surface area contributed by atoms with Crippen LogP contribution in [-0.2, 0) is 0 Å². The molecule has 1 aromatic carbocycles. The van der Waals surface area contributed by atoms with Gasteiger partial charge in [0.05, 0.1) is 5.52 Å². The van der Waals surface area contributed by atoms with E-state index in [2.05, 4.69) is 30.9 Å². The number of hydrogen-bond acceptors (Lipinski definition) is 3. The molecule has 0 unspecified atom stereocenters. The number of aromatic amines is 1. The number of nitrogen functional groups attached to an aromatic ring is 1. The maximum atomic E-state index is 5.77. The fourth-order valence-electron chi connectivity index (χ4n) is 1.82. The first-order valence-electron chi connectivity index (χ1n) is 5.51. The Labute approximate surface area is 112 Å². The summed E-state index contributed by atoms with van der Waals surface area (Å²) in [6.07, 6.45) is 1.81. The Bertz CT molecular complexity index is 733. The van der Waals surface area contributed by atoms with Crippen LogP contribution in [0.1, 0.15) is 5.56 Å². The largest absolute Gasteiger partial charge is 0.398 e. The van der Waals surface area contributed by atoms with E-state index in [4.69, 9.17) is 5.73 Å². The van der Waals surface area contributed by atoms with E-state index in [0.29, 0.717) is 5.69 Å². The number of benzene rings is 1. The van der Waals surface area contributed by atoms with E-state index in [9.17, 15) is 0 Å². The first-order chi connectivity index (χ1) is 8.63. The second-order valence-electron chi connectivity index (χ2n) is 4.21. The van der Waals surface area contributed by atoms with Gasteiger partial charge in [-0.3, -0.25) is 0 Å². The minimum absolute atomic E-state index is 0.712. The van der Waals surface area contributed by atoms with Crippen LogP contribution >= 0.6 is 15.9 Å². The number of nitrogens with one attached hydrogen (secondary N) is 1. The van der Waals surface area contributed by atoms with Gasteiger partial charge in [-0.15, -0.1) is 0 Å². The summed E-state index contributed by atoms with van der Waals surface area (Å²) >= 11 is 3.42. The minimum atomic E-state index is 0.712. The molecule has 4 nitrogen and oxygen atoms in total. The van der Waals surface area contributed by atoms with Gasteiger partial charge in [0, 0.05) is 21.9 Å². The number of hydrogen-bond donors (Lipinski definition) is 2. The Morgan fingerprint density at radius 3 is 2.89 bits per heavy atom. The van der Waals surface area contributed by atoms with Crippen molar-refractivity contribution in [1.82, 2.24) is 15.0 Å². The van der Waals surface area contributed by atoms with Gasteiger partial charge in [-0.2, -0.15) is 0 Å². The normalized spacial score (nSPS) is 11.0. The molecule has 0 saturated heterocycles. The lowest BCUT2D eigenvalue weighted by Gasteiger charge is -2.00. The zero-order valence-electron chi connectivity index (χ0n) is 9.74. The van der Waals surface area contributed by atoms with Gasteiger partial charge in [-0.05, 0) is 52.7 Å². The molecule has 3 rings (SSSR count). The molecule has 90 valence electrons. The maximum Gasteiger partial charge on any atom is 0.178 e. The molecule has 0 fully saturated rings. The number of nitrogens with two attached hydrogens (primary N) is 1. The van der Waals surface area contributed by atoms with Crippen LogP contribution in [-0.4, -0.2) is 15.0 Å². The highest BCUT2D eigenvalue weighted by Gasteiger charge is 2.07. The predicted octanol–water partition coefficient (Wildman–Crippen LogP) is 3.28. The van der Waals surface area contributed by atoms with E-state index < -0.39 is 0 Å². The van der Waals surface area contributed by atoms with Crippen LogP contribution in [0.3, 0.4) is 0 Å². The molecule has 0 aliphatic heterocycles. The van der Waals surface area contributed by atoms with Gasteiger partial charge in [-0.25, -0.2) is 9.97 Å². The smallest absolute Gasteiger partial charge is 0.178 e. The van der Waals surface area contributed by atoms with Gasteiger partial charge in [0.15, 0.2) is 5.65 Å². The zero-order chi connectivity index (χ0) is 12.7. The summed E-state index contributed by atoms with van der Waals surface area (Å²) in [6.45, 7) is 2.01. The molecular weight excluding hydrogens is 292 g/mol. The van der Waals surface area contributed by atoms with Gasteiger partial charge in [0.2, 0.25) is 0 Å². The second-order valence-corrected chi connectivity index (χ2v) is 5.06. The van der Waals surface area contributed by atoms with E-state index in [1.807, 2.05) is 37.4 Å². The first kappa shape index (κ1) is 11.2. The number of aryl methyl sites for hydroxylation is 1. The van der Waals surface area contributed by atoms with Crippen molar-refractivity contribution in [3.63, 3.8) is 0 Å². The molecule has 2 heterocycles. The van der Waals surface area contributed by atoms with Gasteiger partial charge in [0.1, 0.15) is 5.82 Å². The quantitative estimate of drug-likeness (QED) is 0.678. The number of fused-ring (bicyclic) bond motifs is 1. The molecule has 3 aromatic rings. The van der Waals surface area contributed by atoms with Gasteiger partial charge in [0.25, 0.3) is 0 Å². The third-order valence-electron chi connectivity index (χ3n) is 2.75. The molecule has 5 heteroatoms. The number of pyridine rings is 1. The number of rotatable bonds is 1. The summed E-state index contributed by atoms with van der Waals surface area (Å²) in [5, 5.41) is 0. The predicted molar refractivity (Wildman–Crippen MR) is 76.2 cm³/mol. The summed E-state index contributed by atoms with van der Waals surface area (Å²) in [7, 11) is 0. The second kappa shape index (κ2) is 4.10. The van der Waals surface area contributed by atoms with E-state index in [0.717, 1.165) is 32.6 Å². The highest BCUT2D eigenvalue weighted by Crippen LogP contribution is 2.26. The van der Waals surface area contributed by atoms with Crippen molar-refractivity contribution in [1.29, 1.82) is 0 Å². The Morgan fingerprint density at radius 1 is 1.28 bits per heavy atom.